The number of hydrogen-bond acceptors (Lipinski definition) is 8. The van der Waals surface area contributed by atoms with Crippen LogP contribution in [0.4, 0.5) is 8.78 Å². The van der Waals surface area contributed by atoms with Gasteiger partial charge in [-0.2, -0.15) is 5.10 Å². The number of hydrogen-bond donors (Lipinski definition) is 2. The lowest BCUT2D eigenvalue weighted by Crippen LogP contribution is -2.46. The fraction of sp³-hybridized carbons (Fsp3) is 0.586. The van der Waals surface area contributed by atoms with E-state index in [0.29, 0.717) is 11.5 Å². The van der Waals surface area contributed by atoms with Gasteiger partial charge in [0, 0.05) is 43.5 Å². The van der Waals surface area contributed by atoms with Crippen molar-refractivity contribution in [3.63, 3.8) is 0 Å². The summed E-state index contributed by atoms with van der Waals surface area (Å²) in [6, 6.07) is 0. The van der Waals surface area contributed by atoms with Gasteiger partial charge in [0.2, 0.25) is 0 Å². The Balaban J connectivity index is 0.00000191. The lowest BCUT2D eigenvalue weighted by Gasteiger charge is -2.41. The third-order valence-corrected chi connectivity index (χ3v) is 7.32. The maximum atomic E-state index is 12.8. The van der Waals surface area contributed by atoms with Crippen LogP contribution >= 0.6 is 24.4 Å². The Bertz CT molecular complexity index is 968. The largest absolute Gasteiger partial charge is 0.408 e. The van der Waals surface area contributed by atoms with Crippen LogP contribution in [-0.4, -0.2) is 64.0 Å². The monoisotopic (exact) mass is 598 g/mol. The molecule has 0 spiro atoms. The normalized spacial score (nSPS) is 18.3. The molecule has 2 aliphatic heterocycles. The minimum absolute atomic E-state index is 0.113. The Kier molecular flexibility index (Phi) is 16.2. The predicted octanol–water partition coefficient (Wildman–Crippen LogP) is 7.32. The quantitative estimate of drug-likeness (QED) is 0.0797. The first-order valence-electron chi connectivity index (χ1n) is 14.1. The first-order chi connectivity index (χ1) is 19.1. The van der Waals surface area contributed by atoms with Crippen LogP contribution in [0.2, 0.25) is 0 Å². The molecule has 2 N–H and O–H groups in total. The maximum Gasteiger partial charge on any atom is 0.289 e. The third-order valence-electron chi connectivity index (χ3n) is 6.20. The van der Waals surface area contributed by atoms with Crippen molar-refractivity contribution in [2.75, 3.05) is 26.2 Å². The van der Waals surface area contributed by atoms with Crippen molar-refractivity contribution in [1.82, 2.24) is 24.8 Å². The van der Waals surface area contributed by atoms with Gasteiger partial charge in [-0.05, 0) is 33.1 Å². The van der Waals surface area contributed by atoms with E-state index >= 15 is 0 Å². The molecule has 3 aliphatic rings. The molecule has 40 heavy (non-hydrogen) atoms. The van der Waals surface area contributed by atoms with Crippen LogP contribution in [0.15, 0.2) is 65.2 Å². The first-order valence-corrected chi connectivity index (χ1v) is 15.3. The highest BCUT2D eigenvalue weighted by Gasteiger charge is 2.37. The highest BCUT2D eigenvalue weighted by atomic mass is 32.2. The van der Waals surface area contributed by atoms with E-state index in [9.17, 15) is 8.78 Å². The van der Waals surface area contributed by atoms with Gasteiger partial charge >= 0.3 is 0 Å². The Morgan fingerprint density at radius 3 is 2.38 bits per heavy atom. The molecule has 1 aliphatic carbocycles. The number of nitrogens with zero attached hydrogens (tertiary/aromatic N) is 4. The predicted molar refractivity (Wildman–Crippen MR) is 170 cm³/mol. The summed E-state index contributed by atoms with van der Waals surface area (Å²) >= 11 is 5.85. The van der Waals surface area contributed by atoms with E-state index in [1.54, 1.807) is 0 Å². The van der Waals surface area contributed by atoms with Crippen molar-refractivity contribution in [3.05, 3.63) is 60.1 Å². The molecule has 0 aromatic rings. The Morgan fingerprint density at radius 2 is 1.85 bits per heavy atom. The molecule has 0 bridgehead atoms. The molecular weight excluding hydrogens is 550 g/mol. The second-order valence-electron chi connectivity index (χ2n) is 9.37. The zero-order chi connectivity index (χ0) is 30.3. The van der Waals surface area contributed by atoms with E-state index in [2.05, 4.69) is 64.3 Å². The second-order valence-corrected chi connectivity index (χ2v) is 10.3. The van der Waals surface area contributed by atoms with Crippen LogP contribution in [0.1, 0.15) is 74.1 Å². The summed E-state index contributed by atoms with van der Waals surface area (Å²) in [6.07, 6.45) is 8.49. The van der Waals surface area contributed by atoms with Gasteiger partial charge in [0.1, 0.15) is 12.2 Å². The zero-order valence-corrected chi connectivity index (χ0v) is 26.9. The number of alkyl halides is 2. The summed E-state index contributed by atoms with van der Waals surface area (Å²) in [6.45, 7) is 26.0. The van der Waals surface area contributed by atoms with Gasteiger partial charge in [-0.3, -0.25) is 5.43 Å². The number of thiocarbonyl (C=S) groups is 1. The first kappa shape index (κ1) is 35.7. The molecule has 1 saturated heterocycles. The van der Waals surface area contributed by atoms with Crippen molar-refractivity contribution in [2.24, 2.45) is 5.10 Å². The van der Waals surface area contributed by atoms with E-state index in [0.717, 1.165) is 69.0 Å². The molecule has 1 saturated carbocycles. The van der Waals surface area contributed by atoms with Crippen LogP contribution in [0.3, 0.4) is 0 Å². The molecule has 0 radical (unpaired) electrons. The average molecular weight is 599 g/mol. The van der Waals surface area contributed by atoms with E-state index in [4.69, 9.17) is 4.18 Å². The number of nitrogens with one attached hydrogen (secondary N) is 2. The van der Waals surface area contributed by atoms with E-state index in [-0.39, 0.29) is 5.54 Å². The molecule has 226 valence electrons. The van der Waals surface area contributed by atoms with E-state index < -0.39 is 11.4 Å². The van der Waals surface area contributed by atoms with Crippen LogP contribution in [0, 0.1) is 0 Å². The van der Waals surface area contributed by atoms with E-state index in [1.807, 2.05) is 57.9 Å². The topological polar surface area (TPSA) is 55.4 Å². The molecule has 0 atom stereocenters. The Morgan fingerprint density at radius 1 is 1.23 bits per heavy atom. The maximum absolute atomic E-state index is 12.8. The lowest BCUT2D eigenvalue weighted by molar-refractivity contribution is 0.190. The van der Waals surface area contributed by atoms with Gasteiger partial charge in [-0.25, -0.2) is 13.5 Å². The minimum atomic E-state index is -2.77. The van der Waals surface area contributed by atoms with Gasteiger partial charge in [0.15, 0.2) is 10.7 Å². The number of allylic oxidation sites excluding steroid dienone is 4. The third kappa shape index (κ3) is 11.2. The molecule has 3 rings (SSSR count). The number of piperazine rings is 1. The number of unbranched alkanes of at least 4 members (excludes halogenated alkanes) is 1. The van der Waals surface area contributed by atoms with Crippen molar-refractivity contribution in [3.8, 4) is 0 Å². The van der Waals surface area contributed by atoms with Crippen molar-refractivity contribution in [1.29, 1.82) is 0 Å². The molecule has 7 nitrogen and oxygen atoms in total. The summed E-state index contributed by atoms with van der Waals surface area (Å²) in [5, 5.41) is 3.97. The van der Waals surface area contributed by atoms with Gasteiger partial charge in [-0.1, -0.05) is 72.5 Å². The number of halogens is 2. The molecule has 11 heteroatoms. The fourth-order valence-electron chi connectivity index (χ4n) is 3.64. The average Bonchev–Trinajstić information content (AvgIpc) is 3.70. The lowest BCUT2D eigenvalue weighted by atomic mass is 10.1. The smallest absolute Gasteiger partial charge is 0.289 e. The standard InChI is InChI=1S/C25H36F2N6OS2.2C2H6/c1-6-7-8-20(16-28-29-24(35)23(26)27)33-17-21(34-36-30-25(5)9-10-25)15-22(19(33)4)32-13-11-31(12-14-32)18(2)3;2*1-2/h8,15-17,23,30H,2,4,6-7,9-14H2,1,3,5H3,(H,29,35);2*1-2H3/b20-8-,28-16+;;. The van der Waals surface area contributed by atoms with Crippen molar-refractivity contribution in [2.45, 2.75) is 86.1 Å². The molecular formula is C29H48F2N6OS2. The summed E-state index contributed by atoms with van der Waals surface area (Å²) in [5.74, 6) is 0.647. The Labute approximate surface area is 250 Å². The molecule has 2 fully saturated rings. The van der Waals surface area contributed by atoms with Crippen molar-refractivity contribution < 1.29 is 13.0 Å². The van der Waals surface area contributed by atoms with Gasteiger partial charge in [0.05, 0.1) is 29.5 Å². The van der Waals surface area contributed by atoms with E-state index in [1.165, 1.54) is 18.4 Å². The van der Waals surface area contributed by atoms with Gasteiger partial charge < -0.3 is 18.9 Å². The SMILES string of the molecule is C=C(C)N1CCN(C2=CC(OSNC3(C)CC3)=CN(C(=C\CCC)/C=N/NC(=S)C(F)F)C2=C)CC1.CC.CC. The second kappa shape index (κ2) is 18.1. The van der Waals surface area contributed by atoms with Gasteiger partial charge in [-0.15, -0.1) is 0 Å². The summed E-state index contributed by atoms with van der Waals surface area (Å²) in [4.78, 5) is 5.82. The van der Waals surface area contributed by atoms with Crippen LogP contribution in [0.5, 0.6) is 0 Å². The molecule has 0 aromatic carbocycles. The van der Waals surface area contributed by atoms with Crippen LogP contribution in [0.25, 0.3) is 0 Å². The molecule has 0 unspecified atom stereocenters. The number of hydrazone groups is 1. The van der Waals surface area contributed by atoms with Gasteiger partial charge in [0.25, 0.3) is 6.43 Å². The van der Waals surface area contributed by atoms with Crippen LogP contribution in [-0.2, 0) is 4.18 Å². The number of rotatable bonds is 12. The Hall–Kier alpha value is -2.37. The minimum Gasteiger partial charge on any atom is -0.408 e. The fourth-order valence-corrected chi connectivity index (χ4v) is 4.33. The summed E-state index contributed by atoms with van der Waals surface area (Å²) in [5.41, 5.74) is 5.81. The highest BCUT2D eigenvalue weighted by molar-refractivity contribution is 7.92. The highest BCUT2D eigenvalue weighted by Crippen LogP contribution is 2.37. The summed E-state index contributed by atoms with van der Waals surface area (Å²) in [7, 11) is 0. The van der Waals surface area contributed by atoms with Crippen molar-refractivity contribution >= 4 is 35.6 Å². The molecule has 0 aromatic heterocycles. The van der Waals surface area contributed by atoms with Crippen LogP contribution < -0.4 is 10.1 Å². The summed E-state index contributed by atoms with van der Waals surface area (Å²) < 4.78 is 35.0. The molecule has 2 heterocycles. The zero-order valence-electron chi connectivity index (χ0n) is 25.2. The molecule has 0 amide bonds.